The van der Waals surface area contributed by atoms with E-state index in [9.17, 15) is 19.7 Å². The number of non-ortho nitro benzene ring substituents is 1. The highest BCUT2D eigenvalue weighted by Gasteiger charge is 2.27. The van der Waals surface area contributed by atoms with Crippen molar-refractivity contribution in [3.8, 4) is 0 Å². The minimum atomic E-state index is -0.859. The van der Waals surface area contributed by atoms with Gasteiger partial charge in [0, 0.05) is 12.1 Å². The fourth-order valence-corrected chi connectivity index (χ4v) is 1.79. The highest BCUT2D eigenvalue weighted by molar-refractivity contribution is 6.63. The molecule has 0 fully saturated rings. The van der Waals surface area contributed by atoms with E-state index in [1.807, 2.05) is 0 Å². The van der Waals surface area contributed by atoms with Gasteiger partial charge in [-0.05, 0) is 29.3 Å². The Morgan fingerprint density at radius 2 is 2.18 bits per heavy atom. The molecule has 1 aromatic carbocycles. The van der Waals surface area contributed by atoms with E-state index in [4.69, 9.17) is 11.6 Å². The van der Waals surface area contributed by atoms with Crippen LogP contribution in [0.2, 0.25) is 0 Å². The number of nitro groups is 1. The second kappa shape index (κ2) is 6.76. The third-order valence-electron chi connectivity index (χ3n) is 2.67. The van der Waals surface area contributed by atoms with Crippen molar-refractivity contribution in [2.45, 2.75) is 12.5 Å². The smallest absolute Gasteiger partial charge is 0.269 e. The highest BCUT2D eigenvalue weighted by atomic mass is 35.5. The van der Waals surface area contributed by atoms with Crippen molar-refractivity contribution in [3.05, 3.63) is 39.9 Å². The standard InChI is InChI=1S/C12H10ClN5O4/c13-10(19)5-9-11(20)16-12(15-9)17-14-6-7-1-3-8(4-2-7)18(21)22/h1-4,6,9H,5H2,(H2,15,16,17,20)/b14-6+. The van der Waals surface area contributed by atoms with Gasteiger partial charge in [0.15, 0.2) is 0 Å². The van der Waals surface area contributed by atoms with Crippen LogP contribution in [-0.2, 0) is 9.59 Å². The Hall–Kier alpha value is -2.81. The summed E-state index contributed by atoms with van der Waals surface area (Å²) in [5.74, 6) is -0.340. The average Bonchev–Trinajstić information content (AvgIpc) is 2.79. The van der Waals surface area contributed by atoms with Crippen LogP contribution in [0, 0.1) is 10.1 Å². The van der Waals surface area contributed by atoms with Crippen LogP contribution in [0.25, 0.3) is 0 Å². The van der Waals surface area contributed by atoms with Crippen molar-refractivity contribution < 1.29 is 14.5 Å². The molecule has 22 heavy (non-hydrogen) atoms. The molecule has 114 valence electrons. The molecule has 1 aliphatic rings. The molecule has 1 aliphatic heterocycles. The van der Waals surface area contributed by atoms with Gasteiger partial charge >= 0.3 is 0 Å². The summed E-state index contributed by atoms with van der Waals surface area (Å²) in [6.07, 6.45) is 1.21. The van der Waals surface area contributed by atoms with Gasteiger partial charge in [0.25, 0.3) is 11.6 Å². The molecular formula is C12H10ClN5O4. The fraction of sp³-hybridized carbons (Fsp3) is 0.167. The molecule has 1 amide bonds. The molecule has 0 spiro atoms. The Bertz CT molecular complexity index is 671. The number of rotatable bonds is 5. The molecule has 0 aromatic heterocycles. The number of nitro benzene ring substituents is 1. The first-order chi connectivity index (χ1) is 10.5. The van der Waals surface area contributed by atoms with Gasteiger partial charge in [-0.3, -0.25) is 25.0 Å². The molecule has 0 saturated heterocycles. The van der Waals surface area contributed by atoms with Gasteiger partial charge in [-0.15, -0.1) is 0 Å². The molecule has 1 atom stereocenters. The summed E-state index contributed by atoms with van der Waals surface area (Å²) in [4.78, 5) is 36.1. The van der Waals surface area contributed by atoms with Crippen molar-refractivity contribution in [2.75, 3.05) is 0 Å². The number of guanidine groups is 1. The SMILES string of the molecule is O=C(Cl)CC1N=C(N/N=C/c2ccc([N+](=O)[O-])cc2)NC1=O. The topological polar surface area (TPSA) is 126 Å². The van der Waals surface area contributed by atoms with Gasteiger partial charge < -0.3 is 0 Å². The van der Waals surface area contributed by atoms with E-state index in [1.165, 1.54) is 30.5 Å². The average molecular weight is 324 g/mol. The lowest BCUT2D eigenvalue weighted by molar-refractivity contribution is -0.384. The van der Waals surface area contributed by atoms with Crippen LogP contribution in [0.1, 0.15) is 12.0 Å². The largest absolute Gasteiger partial charge is 0.293 e. The van der Waals surface area contributed by atoms with E-state index in [2.05, 4.69) is 20.8 Å². The fourth-order valence-electron chi connectivity index (χ4n) is 1.64. The second-order valence-electron chi connectivity index (χ2n) is 4.26. The highest BCUT2D eigenvalue weighted by Crippen LogP contribution is 2.10. The maximum atomic E-state index is 11.5. The number of nitrogens with one attached hydrogen (secondary N) is 2. The molecule has 9 nitrogen and oxygen atoms in total. The molecular weight excluding hydrogens is 314 g/mol. The zero-order chi connectivity index (χ0) is 16.1. The number of hydrogen-bond donors (Lipinski definition) is 2. The molecule has 1 aromatic rings. The summed E-state index contributed by atoms with van der Waals surface area (Å²) in [6, 6.07) is 4.87. The van der Waals surface area contributed by atoms with Gasteiger partial charge in [0.1, 0.15) is 6.04 Å². The molecule has 0 radical (unpaired) electrons. The summed E-state index contributed by atoms with van der Waals surface area (Å²) in [7, 11) is 0. The predicted octanol–water partition coefficient (Wildman–Crippen LogP) is 0.528. The third kappa shape index (κ3) is 4.09. The monoisotopic (exact) mass is 323 g/mol. The number of hydrogen-bond acceptors (Lipinski definition) is 7. The first-order valence-electron chi connectivity index (χ1n) is 6.06. The summed E-state index contributed by atoms with van der Waals surface area (Å²) in [5, 5.41) is 16.1. The lowest BCUT2D eigenvalue weighted by atomic mass is 10.2. The Morgan fingerprint density at radius 1 is 1.50 bits per heavy atom. The van der Waals surface area contributed by atoms with Crippen LogP contribution in [0.3, 0.4) is 0 Å². The van der Waals surface area contributed by atoms with Gasteiger partial charge in [0.2, 0.25) is 11.2 Å². The van der Waals surface area contributed by atoms with Crippen LogP contribution in [0.15, 0.2) is 34.4 Å². The Morgan fingerprint density at radius 3 is 2.77 bits per heavy atom. The van der Waals surface area contributed by atoms with Crippen LogP contribution in [0.4, 0.5) is 5.69 Å². The predicted molar refractivity (Wildman–Crippen MR) is 78.7 cm³/mol. The molecule has 0 saturated carbocycles. The zero-order valence-electron chi connectivity index (χ0n) is 11.0. The van der Waals surface area contributed by atoms with Crippen molar-refractivity contribution in [2.24, 2.45) is 10.1 Å². The van der Waals surface area contributed by atoms with Crippen LogP contribution >= 0.6 is 11.6 Å². The summed E-state index contributed by atoms with van der Waals surface area (Å²) in [6.45, 7) is 0. The first-order valence-corrected chi connectivity index (χ1v) is 6.44. The summed E-state index contributed by atoms with van der Waals surface area (Å²) < 4.78 is 0. The van der Waals surface area contributed by atoms with Gasteiger partial charge in [-0.1, -0.05) is 0 Å². The number of amides is 1. The van der Waals surface area contributed by atoms with Crippen LogP contribution < -0.4 is 10.7 Å². The lowest BCUT2D eigenvalue weighted by Crippen LogP contribution is -2.35. The zero-order valence-corrected chi connectivity index (χ0v) is 11.8. The van der Waals surface area contributed by atoms with E-state index >= 15 is 0 Å². The third-order valence-corrected chi connectivity index (χ3v) is 2.83. The Kier molecular flexibility index (Phi) is 4.79. The Labute approximate surface area is 129 Å². The van der Waals surface area contributed by atoms with Crippen LogP contribution in [0.5, 0.6) is 0 Å². The number of benzene rings is 1. The van der Waals surface area contributed by atoms with E-state index < -0.39 is 22.1 Å². The lowest BCUT2D eigenvalue weighted by Gasteiger charge is -1.98. The molecule has 0 bridgehead atoms. The number of halogens is 1. The van der Waals surface area contributed by atoms with Gasteiger partial charge in [0.05, 0.1) is 17.6 Å². The number of carbonyl (C=O) groups is 2. The van der Waals surface area contributed by atoms with Crippen LogP contribution in [-0.4, -0.2) is 34.3 Å². The molecule has 1 heterocycles. The number of carbonyl (C=O) groups excluding carboxylic acids is 2. The van der Waals surface area contributed by atoms with Gasteiger partial charge in [-0.25, -0.2) is 10.4 Å². The molecule has 1 unspecified atom stereocenters. The van der Waals surface area contributed by atoms with Crippen molar-refractivity contribution in [1.82, 2.24) is 10.7 Å². The van der Waals surface area contributed by atoms with E-state index in [1.54, 1.807) is 0 Å². The van der Waals surface area contributed by atoms with E-state index in [0.29, 0.717) is 5.56 Å². The quantitative estimate of drug-likeness (QED) is 0.354. The minimum absolute atomic E-state index is 0.0221. The number of nitrogens with zero attached hydrogens (tertiary/aromatic N) is 3. The molecule has 10 heteroatoms. The van der Waals surface area contributed by atoms with Crippen molar-refractivity contribution >= 4 is 40.6 Å². The maximum absolute atomic E-state index is 11.5. The molecule has 2 rings (SSSR count). The number of hydrazone groups is 1. The minimum Gasteiger partial charge on any atom is -0.293 e. The number of aliphatic imine (C=N–C) groups is 1. The normalized spacial score (nSPS) is 17.2. The Balaban J connectivity index is 1.93. The first kappa shape index (κ1) is 15.6. The summed E-state index contributed by atoms with van der Waals surface area (Å²) >= 11 is 5.20. The second-order valence-corrected chi connectivity index (χ2v) is 4.68. The molecule has 0 aliphatic carbocycles. The molecule has 2 N–H and O–H groups in total. The van der Waals surface area contributed by atoms with E-state index in [0.717, 1.165) is 0 Å². The maximum Gasteiger partial charge on any atom is 0.269 e. The summed E-state index contributed by atoms with van der Waals surface area (Å²) in [5.41, 5.74) is 3.10. The van der Waals surface area contributed by atoms with Gasteiger partial charge in [-0.2, -0.15) is 5.10 Å². The van der Waals surface area contributed by atoms with E-state index in [-0.39, 0.29) is 18.1 Å². The van der Waals surface area contributed by atoms with Crippen molar-refractivity contribution in [1.29, 1.82) is 0 Å². The van der Waals surface area contributed by atoms with Crippen molar-refractivity contribution in [3.63, 3.8) is 0 Å².